The van der Waals surface area contributed by atoms with Crippen LogP contribution in [-0.2, 0) is 6.54 Å². The molecule has 0 saturated carbocycles. The SMILES string of the molecule is COc1ccccc1NCc1c(O)ccc2c(C)c(C)c(=O)oc12. The van der Waals surface area contributed by atoms with Crippen LogP contribution in [-0.4, -0.2) is 12.2 Å². The zero-order valence-corrected chi connectivity index (χ0v) is 13.8. The first-order valence-electron chi connectivity index (χ1n) is 7.64. The van der Waals surface area contributed by atoms with Crippen LogP contribution in [0.4, 0.5) is 5.69 Å². The number of nitrogens with one attached hydrogen (secondary N) is 1. The lowest BCUT2D eigenvalue weighted by atomic mass is 10.0. The van der Waals surface area contributed by atoms with Gasteiger partial charge in [0.05, 0.1) is 18.4 Å². The van der Waals surface area contributed by atoms with Crippen molar-refractivity contribution in [2.45, 2.75) is 20.4 Å². The summed E-state index contributed by atoms with van der Waals surface area (Å²) >= 11 is 0. The average molecular weight is 325 g/mol. The third kappa shape index (κ3) is 2.69. The summed E-state index contributed by atoms with van der Waals surface area (Å²) in [5, 5.41) is 14.3. The van der Waals surface area contributed by atoms with Crippen LogP contribution in [0.1, 0.15) is 16.7 Å². The summed E-state index contributed by atoms with van der Waals surface area (Å²) in [7, 11) is 1.60. The highest BCUT2D eigenvalue weighted by molar-refractivity contribution is 5.86. The van der Waals surface area contributed by atoms with Gasteiger partial charge in [0.15, 0.2) is 0 Å². The third-order valence-corrected chi connectivity index (χ3v) is 4.27. The maximum Gasteiger partial charge on any atom is 0.339 e. The molecule has 0 aliphatic rings. The summed E-state index contributed by atoms with van der Waals surface area (Å²) in [6.45, 7) is 3.91. The van der Waals surface area contributed by atoms with Crippen LogP contribution in [0, 0.1) is 13.8 Å². The van der Waals surface area contributed by atoms with Crippen molar-refractivity contribution in [2.75, 3.05) is 12.4 Å². The average Bonchev–Trinajstić information content (AvgIpc) is 2.59. The number of methoxy groups -OCH3 is 1. The minimum atomic E-state index is -0.385. The van der Waals surface area contributed by atoms with Gasteiger partial charge in [-0.3, -0.25) is 0 Å². The van der Waals surface area contributed by atoms with Gasteiger partial charge >= 0.3 is 5.63 Å². The Kier molecular flexibility index (Phi) is 4.16. The molecule has 0 spiro atoms. The van der Waals surface area contributed by atoms with Crippen molar-refractivity contribution < 1.29 is 14.3 Å². The molecule has 0 radical (unpaired) electrons. The van der Waals surface area contributed by atoms with Gasteiger partial charge in [-0.05, 0) is 43.7 Å². The first-order chi connectivity index (χ1) is 11.5. The normalized spacial score (nSPS) is 10.8. The molecule has 24 heavy (non-hydrogen) atoms. The number of rotatable bonds is 4. The number of para-hydroxylation sites is 2. The standard InChI is InChI=1S/C19H19NO4/c1-11-12(2)19(22)24-18-13(11)8-9-16(21)14(18)10-20-15-6-4-5-7-17(15)23-3/h4-9,20-21H,10H2,1-3H3. The quantitative estimate of drug-likeness (QED) is 0.715. The Labute approximate surface area is 139 Å². The number of anilines is 1. The van der Waals surface area contributed by atoms with Crippen molar-refractivity contribution in [2.24, 2.45) is 0 Å². The summed E-state index contributed by atoms with van der Waals surface area (Å²) in [5.41, 5.74) is 2.80. The van der Waals surface area contributed by atoms with E-state index >= 15 is 0 Å². The van der Waals surface area contributed by atoms with Gasteiger partial charge < -0.3 is 19.6 Å². The molecule has 2 N–H and O–H groups in total. The molecule has 0 unspecified atom stereocenters. The van der Waals surface area contributed by atoms with Gasteiger partial charge in [0, 0.05) is 17.5 Å². The second kappa shape index (κ2) is 6.28. The minimum absolute atomic E-state index is 0.0799. The molecular formula is C19H19NO4. The van der Waals surface area contributed by atoms with E-state index in [1.54, 1.807) is 26.2 Å². The van der Waals surface area contributed by atoms with E-state index in [1.807, 2.05) is 31.2 Å². The maximum atomic E-state index is 12.0. The number of benzene rings is 2. The lowest BCUT2D eigenvalue weighted by molar-refractivity contribution is 0.416. The number of phenolic OH excluding ortho intramolecular Hbond substituents is 1. The molecule has 0 aliphatic heterocycles. The van der Waals surface area contributed by atoms with Crippen LogP contribution in [0.15, 0.2) is 45.6 Å². The molecular weight excluding hydrogens is 306 g/mol. The topological polar surface area (TPSA) is 71.7 Å². The fourth-order valence-corrected chi connectivity index (χ4v) is 2.70. The fraction of sp³-hybridized carbons (Fsp3) is 0.211. The highest BCUT2D eigenvalue weighted by Crippen LogP contribution is 2.31. The number of ether oxygens (including phenoxy) is 1. The van der Waals surface area contributed by atoms with Gasteiger partial charge in [0.1, 0.15) is 17.1 Å². The second-order valence-corrected chi connectivity index (χ2v) is 5.63. The van der Waals surface area contributed by atoms with E-state index < -0.39 is 0 Å². The van der Waals surface area contributed by atoms with Gasteiger partial charge in [-0.15, -0.1) is 0 Å². The zero-order chi connectivity index (χ0) is 17.3. The van der Waals surface area contributed by atoms with Crippen molar-refractivity contribution in [1.29, 1.82) is 0 Å². The number of fused-ring (bicyclic) bond motifs is 1. The highest BCUT2D eigenvalue weighted by Gasteiger charge is 2.15. The van der Waals surface area contributed by atoms with Crippen LogP contribution in [0.2, 0.25) is 0 Å². The lowest BCUT2D eigenvalue weighted by Crippen LogP contribution is -2.08. The largest absolute Gasteiger partial charge is 0.507 e. The van der Waals surface area contributed by atoms with E-state index in [1.165, 1.54) is 0 Å². The Morgan fingerprint density at radius 3 is 2.62 bits per heavy atom. The third-order valence-electron chi connectivity index (χ3n) is 4.27. The maximum absolute atomic E-state index is 12.0. The molecule has 124 valence electrons. The summed E-state index contributed by atoms with van der Waals surface area (Å²) in [4.78, 5) is 12.0. The van der Waals surface area contributed by atoms with Crippen LogP contribution >= 0.6 is 0 Å². The van der Waals surface area contributed by atoms with E-state index in [0.29, 0.717) is 29.0 Å². The molecule has 3 rings (SSSR count). The zero-order valence-electron chi connectivity index (χ0n) is 13.8. The number of aryl methyl sites for hydroxylation is 1. The molecule has 5 heteroatoms. The van der Waals surface area contributed by atoms with Crippen LogP contribution in [0.5, 0.6) is 11.5 Å². The number of aromatic hydroxyl groups is 1. The molecule has 1 aromatic heterocycles. The summed E-state index contributed by atoms with van der Waals surface area (Å²) < 4.78 is 10.8. The summed E-state index contributed by atoms with van der Waals surface area (Å²) in [6, 6.07) is 10.9. The first kappa shape index (κ1) is 15.9. The van der Waals surface area contributed by atoms with Crippen molar-refractivity contribution in [3.63, 3.8) is 0 Å². The van der Waals surface area contributed by atoms with Crippen LogP contribution < -0.4 is 15.7 Å². The van der Waals surface area contributed by atoms with E-state index in [-0.39, 0.29) is 11.4 Å². The molecule has 1 heterocycles. The Bertz CT molecular complexity index is 959. The smallest absolute Gasteiger partial charge is 0.339 e. The van der Waals surface area contributed by atoms with Crippen molar-refractivity contribution in [3.8, 4) is 11.5 Å². The van der Waals surface area contributed by atoms with Crippen LogP contribution in [0.3, 0.4) is 0 Å². The molecule has 0 aliphatic carbocycles. The predicted molar refractivity (Wildman–Crippen MR) is 93.9 cm³/mol. The van der Waals surface area contributed by atoms with E-state index in [4.69, 9.17) is 9.15 Å². The van der Waals surface area contributed by atoms with Gasteiger partial charge in [0.25, 0.3) is 0 Å². The lowest BCUT2D eigenvalue weighted by Gasteiger charge is -2.14. The predicted octanol–water partition coefficient (Wildman–Crippen LogP) is 3.74. The number of hydrogen-bond acceptors (Lipinski definition) is 5. The second-order valence-electron chi connectivity index (χ2n) is 5.63. The van der Waals surface area contributed by atoms with E-state index in [0.717, 1.165) is 16.6 Å². The van der Waals surface area contributed by atoms with Crippen molar-refractivity contribution in [3.05, 3.63) is 63.5 Å². The molecule has 2 aromatic carbocycles. The Morgan fingerprint density at radius 1 is 1.12 bits per heavy atom. The highest BCUT2D eigenvalue weighted by atomic mass is 16.5. The van der Waals surface area contributed by atoms with E-state index in [9.17, 15) is 9.90 Å². The molecule has 0 atom stereocenters. The van der Waals surface area contributed by atoms with Gasteiger partial charge in [-0.2, -0.15) is 0 Å². The van der Waals surface area contributed by atoms with Gasteiger partial charge in [-0.25, -0.2) is 4.79 Å². The van der Waals surface area contributed by atoms with Crippen molar-refractivity contribution in [1.82, 2.24) is 0 Å². The molecule has 0 fully saturated rings. The first-order valence-corrected chi connectivity index (χ1v) is 7.64. The Morgan fingerprint density at radius 2 is 1.88 bits per heavy atom. The minimum Gasteiger partial charge on any atom is -0.507 e. The van der Waals surface area contributed by atoms with Gasteiger partial charge in [0.2, 0.25) is 0 Å². The monoisotopic (exact) mass is 325 g/mol. The molecule has 3 aromatic rings. The Balaban J connectivity index is 2.06. The number of phenols is 1. The van der Waals surface area contributed by atoms with Crippen LogP contribution in [0.25, 0.3) is 11.0 Å². The van der Waals surface area contributed by atoms with E-state index in [2.05, 4.69) is 5.32 Å². The molecule has 0 amide bonds. The molecule has 5 nitrogen and oxygen atoms in total. The molecule has 0 saturated heterocycles. The summed E-state index contributed by atoms with van der Waals surface area (Å²) in [6.07, 6.45) is 0. The Hall–Kier alpha value is -2.95. The number of hydrogen-bond donors (Lipinski definition) is 2. The fourth-order valence-electron chi connectivity index (χ4n) is 2.70. The van der Waals surface area contributed by atoms with Crippen molar-refractivity contribution >= 4 is 16.7 Å². The summed E-state index contributed by atoms with van der Waals surface area (Å²) in [5.74, 6) is 0.780. The van der Waals surface area contributed by atoms with Gasteiger partial charge in [-0.1, -0.05) is 12.1 Å². The molecule has 0 bridgehead atoms.